The summed E-state index contributed by atoms with van der Waals surface area (Å²) in [6.07, 6.45) is 0. The summed E-state index contributed by atoms with van der Waals surface area (Å²) in [5.74, 6) is -1.25. The van der Waals surface area contributed by atoms with Gasteiger partial charge in [0.25, 0.3) is 5.69 Å². The standard InChI is InChI=1S/C9H7F3N2O4S/c10-9(11,12)19-5-1-2-6(13-4-8(15)16)7(3-5)14(17)18/h1-3,13H,4H2,(H,15,16). The van der Waals surface area contributed by atoms with Gasteiger partial charge in [0, 0.05) is 11.0 Å². The zero-order valence-corrected chi connectivity index (χ0v) is 9.92. The fraction of sp³-hybridized carbons (Fsp3) is 0.222. The number of carboxylic acid groups (broad SMARTS) is 1. The highest BCUT2D eigenvalue weighted by Crippen LogP contribution is 2.39. The maximum absolute atomic E-state index is 12.1. The molecule has 0 saturated heterocycles. The van der Waals surface area contributed by atoms with Crippen molar-refractivity contribution in [2.45, 2.75) is 10.4 Å². The van der Waals surface area contributed by atoms with E-state index in [-0.39, 0.29) is 10.6 Å². The Hall–Kier alpha value is -1.97. The molecule has 0 atom stereocenters. The molecular weight excluding hydrogens is 289 g/mol. The Kier molecular flexibility index (Phi) is 4.59. The van der Waals surface area contributed by atoms with Crippen LogP contribution in [-0.4, -0.2) is 28.1 Å². The zero-order chi connectivity index (χ0) is 14.6. The van der Waals surface area contributed by atoms with Crippen molar-refractivity contribution >= 4 is 29.1 Å². The number of halogens is 3. The number of hydrogen-bond donors (Lipinski definition) is 2. The van der Waals surface area contributed by atoms with Gasteiger partial charge in [-0.3, -0.25) is 14.9 Å². The Balaban J connectivity index is 3.01. The number of nitro benzene ring substituents is 1. The molecule has 2 N–H and O–H groups in total. The van der Waals surface area contributed by atoms with Crippen molar-refractivity contribution in [3.05, 3.63) is 28.3 Å². The molecule has 0 fully saturated rings. The lowest BCUT2D eigenvalue weighted by atomic mass is 10.2. The Morgan fingerprint density at radius 1 is 1.47 bits per heavy atom. The molecular formula is C9H7F3N2O4S. The maximum Gasteiger partial charge on any atom is 0.446 e. The molecule has 0 bridgehead atoms. The van der Waals surface area contributed by atoms with Crippen molar-refractivity contribution < 1.29 is 28.0 Å². The van der Waals surface area contributed by atoms with Crippen LogP contribution in [0.3, 0.4) is 0 Å². The van der Waals surface area contributed by atoms with Crippen LogP contribution in [0.15, 0.2) is 23.1 Å². The van der Waals surface area contributed by atoms with Crippen LogP contribution < -0.4 is 5.32 Å². The highest BCUT2D eigenvalue weighted by atomic mass is 32.2. The van der Waals surface area contributed by atoms with Crippen molar-refractivity contribution in [2.24, 2.45) is 0 Å². The third kappa shape index (κ3) is 5.04. The molecule has 1 aromatic rings. The molecule has 0 spiro atoms. The molecule has 19 heavy (non-hydrogen) atoms. The second-order valence-electron chi connectivity index (χ2n) is 3.23. The topological polar surface area (TPSA) is 92.5 Å². The molecule has 0 radical (unpaired) electrons. The predicted octanol–water partition coefficient (Wildman–Crippen LogP) is 2.70. The lowest BCUT2D eigenvalue weighted by Gasteiger charge is -2.08. The van der Waals surface area contributed by atoms with Gasteiger partial charge in [0.15, 0.2) is 0 Å². The van der Waals surface area contributed by atoms with Gasteiger partial charge < -0.3 is 10.4 Å². The Bertz CT molecular complexity index is 507. The fourth-order valence-electron chi connectivity index (χ4n) is 1.18. The summed E-state index contributed by atoms with van der Waals surface area (Å²) in [5.41, 5.74) is -5.32. The third-order valence-electron chi connectivity index (χ3n) is 1.83. The van der Waals surface area contributed by atoms with E-state index in [0.717, 1.165) is 18.2 Å². The monoisotopic (exact) mass is 296 g/mol. The van der Waals surface area contributed by atoms with E-state index in [1.165, 1.54) is 0 Å². The number of thioether (sulfide) groups is 1. The molecule has 1 aromatic carbocycles. The molecule has 0 saturated carbocycles. The third-order valence-corrected chi connectivity index (χ3v) is 2.55. The molecule has 0 aliphatic heterocycles. The first-order valence-corrected chi connectivity index (χ1v) is 5.50. The van der Waals surface area contributed by atoms with Crippen molar-refractivity contribution in [1.29, 1.82) is 0 Å². The molecule has 0 amide bonds. The smallest absolute Gasteiger partial charge is 0.446 e. The first kappa shape index (κ1) is 15.1. The molecule has 0 unspecified atom stereocenters. The average Bonchev–Trinajstić information content (AvgIpc) is 2.24. The second kappa shape index (κ2) is 5.78. The highest BCUT2D eigenvalue weighted by Gasteiger charge is 2.30. The lowest BCUT2D eigenvalue weighted by Crippen LogP contribution is -2.13. The van der Waals surface area contributed by atoms with E-state index in [1.807, 2.05) is 0 Å². The fourth-order valence-corrected chi connectivity index (χ4v) is 1.75. The van der Waals surface area contributed by atoms with E-state index in [0.29, 0.717) is 0 Å². The van der Waals surface area contributed by atoms with Crippen LogP contribution in [0.2, 0.25) is 0 Å². The number of nitrogens with zero attached hydrogens (tertiary/aromatic N) is 1. The summed E-state index contributed by atoms with van der Waals surface area (Å²) in [6, 6.07) is 2.80. The van der Waals surface area contributed by atoms with E-state index in [4.69, 9.17) is 5.11 Å². The number of rotatable bonds is 5. The van der Waals surface area contributed by atoms with Crippen molar-refractivity contribution in [2.75, 3.05) is 11.9 Å². The largest absolute Gasteiger partial charge is 0.480 e. The van der Waals surface area contributed by atoms with Crippen molar-refractivity contribution in [3.8, 4) is 0 Å². The highest BCUT2D eigenvalue weighted by molar-refractivity contribution is 8.00. The van der Waals surface area contributed by atoms with Gasteiger partial charge in [-0.1, -0.05) is 0 Å². The summed E-state index contributed by atoms with van der Waals surface area (Å²) in [5, 5.41) is 21.4. The van der Waals surface area contributed by atoms with Gasteiger partial charge in [-0.15, -0.1) is 0 Å². The summed E-state index contributed by atoms with van der Waals surface area (Å²) in [7, 11) is 0. The SMILES string of the molecule is O=C(O)CNc1ccc(SC(F)(F)F)cc1[N+](=O)[O-]. The number of hydrogen-bond acceptors (Lipinski definition) is 5. The number of nitro groups is 1. The molecule has 104 valence electrons. The number of aliphatic carboxylic acids is 1. The van der Waals surface area contributed by atoms with E-state index < -0.39 is 40.4 Å². The van der Waals surface area contributed by atoms with E-state index in [2.05, 4.69) is 5.32 Å². The number of carbonyl (C=O) groups is 1. The molecule has 0 heterocycles. The molecule has 0 aliphatic rings. The summed E-state index contributed by atoms with van der Waals surface area (Å²) in [4.78, 5) is 19.8. The van der Waals surface area contributed by atoms with Gasteiger partial charge >= 0.3 is 11.5 Å². The number of nitrogens with one attached hydrogen (secondary N) is 1. The second-order valence-corrected chi connectivity index (χ2v) is 4.37. The summed E-state index contributed by atoms with van der Waals surface area (Å²) < 4.78 is 36.4. The van der Waals surface area contributed by atoms with E-state index in [9.17, 15) is 28.1 Å². The predicted molar refractivity (Wildman–Crippen MR) is 61.1 cm³/mol. The number of alkyl halides is 3. The first-order chi connectivity index (χ1) is 8.69. The first-order valence-electron chi connectivity index (χ1n) is 4.69. The minimum atomic E-state index is -4.55. The van der Waals surface area contributed by atoms with Gasteiger partial charge in [0.1, 0.15) is 12.2 Å². The summed E-state index contributed by atoms with van der Waals surface area (Å²) in [6.45, 7) is -0.577. The van der Waals surface area contributed by atoms with Gasteiger partial charge in [-0.2, -0.15) is 13.2 Å². The quantitative estimate of drug-likeness (QED) is 0.493. The van der Waals surface area contributed by atoms with Crippen LogP contribution in [0, 0.1) is 10.1 Å². The van der Waals surface area contributed by atoms with Crippen LogP contribution in [0.1, 0.15) is 0 Å². The van der Waals surface area contributed by atoms with Crippen molar-refractivity contribution in [3.63, 3.8) is 0 Å². The van der Waals surface area contributed by atoms with Gasteiger partial charge in [-0.05, 0) is 23.9 Å². The van der Waals surface area contributed by atoms with Crippen LogP contribution in [0.4, 0.5) is 24.5 Å². The van der Waals surface area contributed by atoms with Crippen molar-refractivity contribution in [1.82, 2.24) is 0 Å². The number of anilines is 1. The average molecular weight is 296 g/mol. The van der Waals surface area contributed by atoms with Gasteiger partial charge in [0.2, 0.25) is 0 Å². The molecule has 0 aliphatic carbocycles. The molecule has 0 aromatic heterocycles. The lowest BCUT2D eigenvalue weighted by molar-refractivity contribution is -0.384. The Morgan fingerprint density at radius 2 is 2.11 bits per heavy atom. The maximum atomic E-state index is 12.1. The normalized spacial score (nSPS) is 11.1. The number of benzene rings is 1. The van der Waals surface area contributed by atoms with Crippen LogP contribution >= 0.6 is 11.8 Å². The van der Waals surface area contributed by atoms with Gasteiger partial charge in [0.05, 0.1) is 4.92 Å². The molecule has 10 heteroatoms. The molecule has 6 nitrogen and oxygen atoms in total. The van der Waals surface area contributed by atoms with E-state index >= 15 is 0 Å². The van der Waals surface area contributed by atoms with Crippen LogP contribution in [-0.2, 0) is 4.79 Å². The minimum Gasteiger partial charge on any atom is -0.480 e. The zero-order valence-electron chi connectivity index (χ0n) is 9.10. The number of carboxylic acids is 1. The Labute approximate surface area is 108 Å². The van der Waals surface area contributed by atoms with E-state index in [1.54, 1.807) is 0 Å². The Morgan fingerprint density at radius 3 is 2.58 bits per heavy atom. The van der Waals surface area contributed by atoms with Crippen LogP contribution in [0.25, 0.3) is 0 Å². The molecule has 1 rings (SSSR count). The minimum absolute atomic E-state index is 0.154. The summed E-state index contributed by atoms with van der Waals surface area (Å²) >= 11 is -0.483. The van der Waals surface area contributed by atoms with Crippen LogP contribution in [0.5, 0.6) is 0 Å². The van der Waals surface area contributed by atoms with Gasteiger partial charge in [-0.25, -0.2) is 0 Å².